The first-order valence-corrected chi connectivity index (χ1v) is 5.70. The van der Waals surface area contributed by atoms with E-state index < -0.39 is 5.82 Å². The van der Waals surface area contributed by atoms with Gasteiger partial charge in [0.15, 0.2) is 0 Å². The van der Waals surface area contributed by atoms with Crippen molar-refractivity contribution in [2.45, 2.75) is 26.3 Å². The zero-order valence-electron chi connectivity index (χ0n) is 10.5. The van der Waals surface area contributed by atoms with Crippen LogP contribution in [0.3, 0.4) is 0 Å². The summed E-state index contributed by atoms with van der Waals surface area (Å²) < 4.78 is 13.5. The Hall–Kier alpha value is -1.42. The minimum Gasteiger partial charge on any atom is -0.327 e. The highest BCUT2D eigenvalue weighted by Gasteiger charge is 2.18. The second-order valence-electron chi connectivity index (χ2n) is 4.52. The summed E-state index contributed by atoms with van der Waals surface area (Å²) >= 11 is 0. The van der Waals surface area contributed by atoms with Crippen LogP contribution in [0.5, 0.6) is 0 Å². The minimum absolute atomic E-state index is 0.170. The number of halogens is 1. The maximum atomic E-state index is 13.5. The minimum atomic E-state index is -0.401. The quantitative estimate of drug-likeness (QED) is 0.873. The fourth-order valence-electron chi connectivity index (χ4n) is 1.43. The van der Waals surface area contributed by atoms with E-state index in [9.17, 15) is 9.18 Å². The normalized spacial score (nSPS) is 12.6. The number of hydrogen-bond acceptors (Lipinski definition) is 2. The number of nitrogens with two attached hydrogens (primary N) is 1. The van der Waals surface area contributed by atoms with Crippen molar-refractivity contribution in [3.05, 3.63) is 30.1 Å². The smallest absolute Gasteiger partial charge is 0.228 e. The first-order chi connectivity index (χ1) is 7.93. The van der Waals surface area contributed by atoms with E-state index in [0.717, 1.165) is 0 Å². The molecule has 1 aromatic rings. The van der Waals surface area contributed by atoms with Crippen molar-refractivity contribution < 1.29 is 9.18 Å². The van der Waals surface area contributed by atoms with Gasteiger partial charge in [0, 0.05) is 19.5 Å². The fraction of sp³-hybridized carbons (Fsp3) is 0.462. The zero-order valence-corrected chi connectivity index (χ0v) is 10.5. The molecule has 4 heteroatoms. The Morgan fingerprint density at radius 2 is 2.00 bits per heavy atom. The number of nitrogens with zero attached hydrogens (tertiary/aromatic N) is 1. The predicted octanol–water partition coefficient (Wildman–Crippen LogP) is 2.16. The van der Waals surface area contributed by atoms with Gasteiger partial charge in [-0.3, -0.25) is 4.79 Å². The number of carbonyl (C=O) groups excluding carboxylic acids is 1. The molecular weight excluding hydrogens is 219 g/mol. The van der Waals surface area contributed by atoms with E-state index in [-0.39, 0.29) is 30.0 Å². The molecule has 1 aromatic carbocycles. The molecule has 0 radical (unpaired) electrons. The second kappa shape index (κ2) is 5.77. The predicted molar refractivity (Wildman–Crippen MR) is 67.2 cm³/mol. The Morgan fingerprint density at radius 3 is 2.53 bits per heavy atom. The van der Waals surface area contributed by atoms with E-state index in [1.54, 1.807) is 25.2 Å². The SMILES string of the molecule is CC(C)C(N)CC(=O)N(C)c1ccccc1F. The Morgan fingerprint density at radius 1 is 1.41 bits per heavy atom. The maximum Gasteiger partial charge on any atom is 0.228 e. The molecule has 0 bridgehead atoms. The molecule has 0 aliphatic rings. The van der Waals surface area contributed by atoms with Crippen LogP contribution >= 0.6 is 0 Å². The van der Waals surface area contributed by atoms with E-state index >= 15 is 0 Å². The number of amides is 1. The lowest BCUT2D eigenvalue weighted by atomic mass is 10.0. The van der Waals surface area contributed by atoms with Gasteiger partial charge >= 0.3 is 0 Å². The van der Waals surface area contributed by atoms with E-state index in [4.69, 9.17) is 5.73 Å². The van der Waals surface area contributed by atoms with Crippen LogP contribution in [0, 0.1) is 11.7 Å². The van der Waals surface area contributed by atoms with Crippen LogP contribution in [0.25, 0.3) is 0 Å². The van der Waals surface area contributed by atoms with Crippen LogP contribution in [0.1, 0.15) is 20.3 Å². The largest absolute Gasteiger partial charge is 0.327 e. The first kappa shape index (κ1) is 13.6. The molecule has 1 atom stereocenters. The molecule has 1 unspecified atom stereocenters. The van der Waals surface area contributed by atoms with Gasteiger partial charge in [0.05, 0.1) is 5.69 Å². The lowest BCUT2D eigenvalue weighted by Gasteiger charge is -2.21. The summed E-state index contributed by atoms with van der Waals surface area (Å²) in [5.74, 6) is -0.342. The number of para-hydroxylation sites is 1. The van der Waals surface area contributed by atoms with Gasteiger partial charge < -0.3 is 10.6 Å². The van der Waals surface area contributed by atoms with Gasteiger partial charge in [0.25, 0.3) is 0 Å². The Labute approximate surface area is 101 Å². The molecule has 0 saturated carbocycles. The van der Waals surface area contributed by atoms with Crippen molar-refractivity contribution in [2.75, 3.05) is 11.9 Å². The molecule has 0 aliphatic heterocycles. The van der Waals surface area contributed by atoms with Gasteiger partial charge in [0.2, 0.25) is 5.91 Å². The van der Waals surface area contributed by atoms with Crippen molar-refractivity contribution in [2.24, 2.45) is 11.7 Å². The van der Waals surface area contributed by atoms with Gasteiger partial charge in [-0.05, 0) is 18.1 Å². The standard InChI is InChI=1S/C13H19FN2O/c1-9(2)11(15)8-13(17)16(3)12-7-5-4-6-10(12)14/h4-7,9,11H,8,15H2,1-3H3. The zero-order chi connectivity index (χ0) is 13.0. The molecule has 2 N–H and O–H groups in total. The molecule has 94 valence electrons. The highest BCUT2D eigenvalue weighted by atomic mass is 19.1. The number of benzene rings is 1. The summed E-state index contributed by atoms with van der Waals surface area (Å²) in [5, 5.41) is 0. The van der Waals surface area contributed by atoms with Gasteiger partial charge in [0.1, 0.15) is 5.82 Å². The van der Waals surface area contributed by atoms with Crippen LogP contribution in [0.2, 0.25) is 0 Å². The van der Waals surface area contributed by atoms with Crippen LogP contribution in [0.15, 0.2) is 24.3 Å². The maximum absolute atomic E-state index is 13.5. The molecule has 1 rings (SSSR count). The summed E-state index contributed by atoms with van der Waals surface area (Å²) in [6, 6.07) is 6.01. The van der Waals surface area contributed by atoms with Crippen molar-refractivity contribution in [1.82, 2.24) is 0 Å². The molecule has 0 spiro atoms. The topological polar surface area (TPSA) is 46.3 Å². The average Bonchev–Trinajstić information content (AvgIpc) is 2.28. The summed E-state index contributed by atoms with van der Waals surface area (Å²) in [5.41, 5.74) is 6.12. The fourth-order valence-corrected chi connectivity index (χ4v) is 1.43. The van der Waals surface area contributed by atoms with E-state index in [1.165, 1.54) is 11.0 Å². The van der Waals surface area contributed by atoms with Gasteiger partial charge in [-0.15, -0.1) is 0 Å². The third-order valence-electron chi connectivity index (χ3n) is 2.85. The molecule has 3 nitrogen and oxygen atoms in total. The Balaban J connectivity index is 2.74. The number of hydrogen-bond donors (Lipinski definition) is 1. The lowest BCUT2D eigenvalue weighted by Crippen LogP contribution is -2.36. The molecule has 0 fully saturated rings. The molecule has 1 amide bonds. The third kappa shape index (κ3) is 3.53. The number of carbonyl (C=O) groups is 1. The Bertz CT molecular complexity index is 393. The third-order valence-corrected chi connectivity index (χ3v) is 2.85. The molecule has 17 heavy (non-hydrogen) atoms. The van der Waals surface area contributed by atoms with E-state index in [1.807, 2.05) is 13.8 Å². The van der Waals surface area contributed by atoms with Crippen molar-refractivity contribution in [3.63, 3.8) is 0 Å². The van der Waals surface area contributed by atoms with Crippen LogP contribution in [-0.2, 0) is 4.79 Å². The van der Waals surface area contributed by atoms with Gasteiger partial charge in [-0.1, -0.05) is 26.0 Å². The molecular formula is C13H19FN2O. The summed E-state index contributed by atoms with van der Waals surface area (Å²) in [4.78, 5) is 13.2. The molecule has 0 aliphatic carbocycles. The van der Waals surface area contributed by atoms with Gasteiger partial charge in [-0.25, -0.2) is 4.39 Å². The van der Waals surface area contributed by atoms with E-state index in [2.05, 4.69) is 0 Å². The average molecular weight is 238 g/mol. The second-order valence-corrected chi connectivity index (χ2v) is 4.52. The van der Waals surface area contributed by atoms with Gasteiger partial charge in [-0.2, -0.15) is 0 Å². The summed E-state index contributed by atoms with van der Waals surface area (Å²) in [7, 11) is 1.56. The highest BCUT2D eigenvalue weighted by molar-refractivity contribution is 5.93. The lowest BCUT2D eigenvalue weighted by molar-refractivity contribution is -0.118. The summed E-state index contributed by atoms with van der Waals surface area (Å²) in [6.07, 6.45) is 0.225. The van der Waals surface area contributed by atoms with Crippen LogP contribution in [-0.4, -0.2) is 19.0 Å². The Kier molecular flexibility index (Phi) is 4.63. The van der Waals surface area contributed by atoms with Crippen LogP contribution in [0.4, 0.5) is 10.1 Å². The molecule has 0 heterocycles. The highest BCUT2D eigenvalue weighted by Crippen LogP contribution is 2.18. The molecule has 0 aromatic heterocycles. The monoisotopic (exact) mass is 238 g/mol. The number of rotatable bonds is 4. The summed E-state index contributed by atoms with van der Waals surface area (Å²) in [6.45, 7) is 3.92. The van der Waals surface area contributed by atoms with Crippen molar-refractivity contribution in [3.8, 4) is 0 Å². The first-order valence-electron chi connectivity index (χ1n) is 5.70. The van der Waals surface area contributed by atoms with E-state index in [0.29, 0.717) is 0 Å². The molecule has 0 saturated heterocycles. The van der Waals surface area contributed by atoms with Crippen LogP contribution < -0.4 is 10.6 Å². The van der Waals surface area contributed by atoms with Crippen molar-refractivity contribution in [1.29, 1.82) is 0 Å². The van der Waals surface area contributed by atoms with Crippen molar-refractivity contribution >= 4 is 11.6 Å². The number of anilines is 1.